The summed E-state index contributed by atoms with van der Waals surface area (Å²) in [6.07, 6.45) is 1.56. The van der Waals surface area contributed by atoms with Crippen LogP contribution >= 0.6 is 0 Å². The van der Waals surface area contributed by atoms with Crippen LogP contribution in [0.2, 0.25) is 0 Å². The Kier molecular flexibility index (Phi) is 7.36. The Morgan fingerprint density at radius 1 is 0.900 bits per heavy atom. The summed E-state index contributed by atoms with van der Waals surface area (Å²) in [5, 5.41) is 36.1. The highest BCUT2D eigenvalue weighted by Crippen LogP contribution is 2.03. The molecule has 2 unspecified atom stereocenters. The van der Waals surface area contributed by atoms with Crippen molar-refractivity contribution in [1.82, 2.24) is 0 Å². The van der Waals surface area contributed by atoms with Gasteiger partial charge < -0.3 is 29.9 Å². The van der Waals surface area contributed by atoms with Crippen LogP contribution in [0, 0.1) is 0 Å². The van der Waals surface area contributed by atoms with Gasteiger partial charge in [-0.1, -0.05) is 0 Å². The normalized spacial score (nSPS) is 17.3. The van der Waals surface area contributed by atoms with Crippen LogP contribution in [-0.4, -0.2) is 70.0 Å². The summed E-state index contributed by atoms with van der Waals surface area (Å²) < 4.78 is 9.16. The van der Waals surface area contributed by atoms with Crippen LogP contribution in [-0.2, 0) is 19.1 Å². The molecule has 8 nitrogen and oxygen atoms in total. The van der Waals surface area contributed by atoms with Gasteiger partial charge >= 0.3 is 11.9 Å². The van der Waals surface area contributed by atoms with Crippen molar-refractivity contribution < 1.29 is 39.5 Å². The molecule has 0 aliphatic heterocycles. The molecule has 0 aromatic carbocycles. The van der Waals surface area contributed by atoms with Crippen molar-refractivity contribution in [2.45, 2.75) is 25.0 Å². The number of esters is 2. The van der Waals surface area contributed by atoms with E-state index in [-0.39, 0.29) is 0 Å². The van der Waals surface area contributed by atoms with E-state index in [1.165, 1.54) is 13.8 Å². The lowest BCUT2D eigenvalue weighted by Crippen LogP contribution is -2.36. The van der Waals surface area contributed by atoms with E-state index >= 15 is 0 Å². The van der Waals surface area contributed by atoms with Crippen molar-refractivity contribution in [2.75, 3.05) is 26.4 Å². The van der Waals surface area contributed by atoms with E-state index in [0.29, 0.717) is 0 Å². The highest BCUT2D eigenvalue weighted by molar-refractivity contribution is 5.91. The fourth-order valence-electron chi connectivity index (χ4n) is 0.777. The van der Waals surface area contributed by atoms with E-state index in [4.69, 9.17) is 10.2 Å². The molecule has 0 rings (SSSR count). The molecule has 2 atom stereocenters. The Hall–Kier alpha value is -1.48. The number of carbonyl (C=O) groups is 2. The maximum absolute atomic E-state index is 11.2. The van der Waals surface area contributed by atoms with Gasteiger partial charge in [0.25, 0.3) is 0 Å². The summed E-state index contributed by atoms with van der Waals surface area (Å²) in [7, 11) is 0. The standard InChI is InChI=1S/C12H20O8/c1-11(17,5-13)7-19-9(15)3-4-10(16)20-8-12(2,18)6-14/h3-4,13-14,17-18H,5-8H2,1-2H3/b4-3-. The molecule has 0 aromatic heterocycles. The summed E-state index contributed by atoms with van der Waals surface area (Å²) >= 11 is 0. The van der Waals surface area contributed by atoms with E-state index < -0.39 is 49.6 Å². The topological polar surface area (TPSA) is 134 Å². The summed E-state index contributed by atoms with van der Waals surface area (Å²) in [6.45, 7) is 0.525. The molecular weight excluding hydrogens is 272 g/mol. The van der Waals surface area contributed by atoms with Gasteiger partial charge in [-0.3, -0.25) is 0 Å². The van der Waals surface area contributed by atoms with Crippen LogP contribution in [0.3, 0.4) is 0 Å². The summed E-state index contributed by atoms with van der Waals surface area (Å²) in [5.41, 5.74) is -3.10. The van der Waals surface area contributed by atoms with Gasteiger partial charge in [-0.05, 0) is 13.8 Å². The van der Waals surface area contributed by atoms with Crippen LogP contribution in [0.4, 0.5) is 0 Å². The number of aliphatic hydroxyl groups excluding tert-OH is 2. The lowest BCUT2D eigenvalue weighted by molar-refractivity contribution is -0.149. The molecule has 8 heteroatoms. The van der Waals surface area contributed by atoms with E-state index in [0.717, 1.165) is 12.2 Å². The van der Waals surface area contributed by atoms with Crippen LogP contribution < -0.4 is 0 Å². The largest absolute Gasteiger partial charge is 0.459 e. The third-order valence-electron chi connectivity index (χ3n) is 2.09. The van der Waals surface area contributed by atoms with Crippen molar-refractivity contribution in [3.8, 4) is 0 Å². The Labute approximate surface area is 116 Å². The van der Waals surface area contributed by atoms with Crippen molar-refractivity contribution >= 4 is 11.9 Å². The highest BCUT2D eigenvalue weighted by Gasteiger charge is 2.22. The first kappa shape index (κ1) is 18.5. The molecule has 116 valence electrons. The quantitative estimate of drug-likeness (QED) is 0.301. The zero-order chi connectivity index (χ0) is 15.8. The number of hydrogen-bond donors (Lipinski definition) is 4. The minimum atomic E-state index is -1.55. The number of rotatable bonds is 8. The molecule has 0 fully saturated rings. The number of carbonyl (C=O) groups excluding carboxylic acids is 2. The molecule has 20 heavy (non-hydrogen) atoms. The maximum Gasteiger partial charge on any atom is 0.331 e. The zero-order valence-electron chi connectivity index (χ0n) is 11.4. The van der Waals surface area contributed by atoms with E-state index in [2.05, 4.69) is 9.47 Å². The molecule has 0 aliphatic rings. The number of ether oxygens (including phenoxy) is 2. The van der Waals surface area contributed by atoms with Gasteiger partial charge in [-0.15, -0.1) is 0 Å². The summed E-state index contributed by atoms with van der Waals surface area (Å²) in [4.78, 5) is 22.3. The van der Waals surface area contributed by atoms with Gasteiger partial charge in [-0.25, -0.2) is 9.59 Å². The molecular formula is C12H20O8. The second kappa shape index (κ2) is 7.95. The molecule has 0 radical (unpaired) electrons. The van der Waals surface area contributed by atoms with Crippen molar-refractivity contribution in [3.63, 3.8) is 0 Å². The van der Waals surface area contributed by atoms with Crippen LogP contribution in [0.25, 0.3) is 0 Å². The molecule has 0 saturated carbocycles. The van der Waals surface area contributed by atoms with Gasteiger partial charge in [0.2, 0.25) is 0 Å². The van der Waals surface area contributed by atoms with Crippen molar-refractivity contribution in [2.24, 2.45) is 0 Å². The molecule has 0 aromatic rings. The SMILES string of the molecule is CC(O)(CO)COC(=O)/C=C\C(=O)OCC(C)(O)CO. The molecule has 0 heterocycles. The Morgan fingerprint density at radius 2 is 1.20 bits per heavy atom. The predicted octanol–water partition coefficient (Wildman–Crippen LogP) is -1.88. The molecule has 0 amide bonds. The van der Waals surface area contributed by atoms with E-state index in [1.54, 1.807) is 0 Å². The second-order valence-electron chi connectivity index (χ2n) is 4.86. The van der Waals surface area contributed by atoms with Gasteiger partial charge in [0.1, 0.15) is 24.4 Å². The molecule has 0 spiro atoms. The minimum Gasteiger partial charge on any atom is -0.459 e. The second-order valence-corrected chi connectivity index (χ2v) is 4.86. The third kappa shape index (κ3) is 8.59. The Balaban J connectivity index is 4.10. The molecule has 0 bridgehead atoms. The first-order chi connectivity index (χ1) is 9.12. The Morgan fingerprint density at radius 3 is 1.45 bits per heavy atom. The average Bonchev–Trinajstić information content (AvgIpc) is 2.40. The van der Waals surface area contributed by atoms with E-state index in [1.807, 2.05) is 0 Å². The Bertz CT molecular complexity index is 324. The number of aliphatic hydroxyl groups is 4. The maximum atomic E-state index is 11.2. The summed E-state index contributed by atoms with van der Waals surface area (Å²) in [5.74, 6) is -1.80. The summed E-state index contributed by atoms with van der Waals surface area (Å²) in [6, 6.07) is 0. The molecule has 0 aliphatic carbocycles. The lowest BCUT2D eigenvalue weighted by Gasteiger charge is -2.19. The van der Waals surface area contributed by atoms with Gasteiger partial charge in [-0.2, -0.15) is 0 Å². The highest BCUT2D eigenvalue weighted by atomic mass is 16.6. The predicted molar refractivity (Wildman–Crippen MR) is 66.5 cm³/mol. The van der Waals surface area contributed by atoms with Gasteiger partial charge in [0.15, 0.2) is 0 Å². The van der Waals surface area contributed by atoms with E-state index in [9.17, 15) is 19.8 Å². The van der Waals surface area contributed by atoms with Crippen LogP contribution in [0.5, 0.6) is 0 Å². The van der Waals surface area contributed by atoms with Crippen molar-refractivity contribution in [1.29, 1.82) is 0 Å². The van der Waals surface area contributed by atoms with Crippen LogP contribution in [0.1, 0.15) is 13.8 Å². The zero-order valence-corrected chi connectivity index (χ0v) is 11.4. The lowest BCUT2D eigenvalue weighted by atomic mass is 10.1. The van der Waals surface area contributed by atoms with Gasteiger partial charge in [0, 0.05) is 12.2 Å². The fourth-order valence-corrected chi connectivity index (χ4v) is 0.777. The third-order valence-corrected chi connectivity index (χ3v) is 2.09. The van der Waals surface area contributed by atoms with Crippen molar-refractivity contribution in [3.05, 3.63) is 12.2 Å². The van der Waals surface area contributed by atoms with Gasteiger partial charge in [0.05, 0.1) is 13.2 Å². The fraction of sp³-hybridized carbons (Fsp3) is 0.667. The molecule has 0 saturated heterocycles. The smallest absolute Gasteiger partial charge is 0.331 e. The average molecular weight is 292 g/mol. The molecule has 4 N–H and O–H groups in total. The van der Waals surface area contributed by atoms with Crippen LogP contribution in [0.15, 0.2) is 12.2 Å². The number of hydrogen-bond acceptors (Lipinski definition) is 8. The first-order valence-corrected chi connectivity index (χ1v) is 5.80. The monoisotopic (exact) mass is 292 g/mol. The minimum absolute atomic E-state index is 0.430. The first-order valence-electron chi connectivity index (χ1n) is 5.80.